The molecule has 0 radical (unpaired) electrons. The molecule has 1 amide bonds. The summed E-state index contributed by atoms with van der Waals surface area (Å²) in [6.45, 7) is 1.03. The van der Waals surface area contributed by atoms with Crippen LogP contribution in [0.5, 0.6) is 0 Å². The number of nitrogens with zero attached hydrogens (tertiary/aromatic N) is 1. The van der Waals surface area contributed by atoms with E-state index in [0.29, 0.717) is 0 Å². The van der Waals surface area contributed by atoms with Crippen molar-refractivity contribution in [2.75, 3.05) is 20.2 Å². The molecule has 1 atom stereocenters. The van der Waals surface area contributed by atoms with Gasteiger partial charge in [-0.2, -0.15) is 0 Å². The third kappa shape index (κ3) is 3.24. The molecule has 3 rings (SSSR count). The molecule has 124 valence electrons. The van der Waals surface area contributed by atoms with E-state index in [1.165, 1.54) is 12.7 Å². The van der Waals surface area contributed by atoms with Gasteiger partial charge in [0.1, 0.15) is 6.04 Å². The number of esters is 1. The van der Waals surface area contributed by atoms with Crippen LogP contribution in [0.4, 0.5) is 0 Å². The number of carbonyl (C=O) groups excluding carboxylic acids is 2. The minimum atomic E-state index is -0.278. The zero-order valence-electron chi connectivity index (χ0n) is 13.6. The van der Waals surface area contributed by atoms with E-state index in [1.807, 2.05) is 23.1 Å². The molecule has 1 aliphatic carbocycles. The maximum absolute atomic E-state index is 12.5. The molecule has 5 heteroatoms. The fourth-order valence-electron chi connectivity index (χ4n) is 3.68. The Kier molecular flexibility index (Phi) is 4.66. The van der Waals surface area contributed by atoms with E-state index >= 15 is 0 Å². The summed E-state index contributed by atoms with van der Waals surface area (Å²) in [5.74, 6) is -0.249. The SMILES string of the molecule is COC(=O)[C@H]1CCCN1CC(=O)NC1(c2ccccc2)CCC1. The zero-order chi connectivity index (χ0) is 16.3. The number of benzene rings is 1. The van der Waals surface area contributed by atoms with Crippen LogP contribution in [0.2, 0.25) is 0 Å². The maximum atomic E-state index is 12.5. The average molecular weight is 316 g/mol. The second kappa shape index (κ2) is 6.71. The van der Waals surface area contributed by atoms with Gasteiger partial charge in [-0.15, -0.1) is 0 Å². The van der Waals surface area contributed by atoms with E-state index in [0.717, 1.165) is 38.6 Å². The van der Waals surface area contributed by atoms with Crippen LogP contribution >= 0.6 is 0 Å². The monoisotopic (exact) mass is 316 g/mol. The number of hydrogen-bond acceptors (Lipinski definition) is 4. The molecule has 1 aromatic carbocycles. The van der Waals surface area contributed by atoms with Crippen LogP contribution in [-0.2, 0) is 19.9 Å². The summed E-state index contributed by atoms with van der Waals surface area (Å²) < 4.78 is 4.84. The normalized spacial score (nSPS) is 23.1. The van der Waals surface area contributed by atoms with Gasteiger partial charge < -0.3 is 10.1 Å². The van der Waals surface area contributed by atoms with Crippen molar-refractivity contribution in [3.05, 3.63) is 35.9 Å². The number of carbonyl (C=O) groups is 2. The van der Waals surface area contributed by atoms with Gasteiger partial charge in [-0.25, -0.2) is 0 Å². The quantitative estimate of drug-likeness (QED) is 0.842. The summed E-state index contributed by atoms with van der Waals surface area (Å²) in [4.78, 5) is 26.2. The second-order valence-corrected chi connectivity index (χ2v) is 6.50. The summed E-state index contributed by atoms with van der Waals surface area (Å²) in [5.41, 5.74) is 0.948. The van der Waals surface area contributed by atoms with Gasteiger partial charge in [-0.3, -0.25) is 14.5 Å². The first kappa shape index (κ1) is 16.0. The first-order valence-electron chi connectivity index (χ1n) is 8.33. The zero-order valence-corrected chi connectivity index (χ0v) is 13.6. The van der Waals surface area contributed by atoms with E-state index in [4.69, 9.17) is 4.74 Å². The van der Waals surface area contributed by atoms with E-state index in [1.54, 1.807) is 0 Å². The number of nitrogens with one attached hydrogen (secondary N) is 1. The molecule has 5 nitrogen and oxygen atoms in total. The molecule has 0 spiro atoms. The summed E-state index contributed by atoms with van der Waals surface area (Å²) in [6, 6.07) is 9.88. The molecule has 0 aromatic heterocycles. The lowest BCUT2D eigenvalue weighted by Gasteiger charge is -2.43. The fraction of sp³-hybridized carbons (Fsp3) is 0.556. The number of amides is 1. The number of methoxy groups -OCH3 is 1. The average Bonchev–Trinajstić information content (AvgIpc) is 2.99. The van der Waals surface area contributed by atoms with Gasteiger partial charge in [-0.1, -0.05) is 30.3 Å². The van der Waals surface area contributed by atoms with Crippen LogP contribution < -0.4 is 5.32 Å². The smallest absolute Gasteiger partial charge is 0.323 e. The summed E-state index contributed by atoms with van der Waals surface area (Å²) in [7, 11) is 1.40. The van der Waals surface area contributed by atoms with Gasteiger partial charge in [-0.05, 0) is 44.2 Å². The lowest BCUT2D eigenvalue weighted by atomic mass is 9.72. The van der Waals surface area contributed by atoms with Gasteiger partial charge in [0.2, 0.25) is 5.91 Å². The van der Waals surface area contributed by atoms with E-state index in [-0.39, 0.29) is 30.0 Å². The van der Waals surface area contributed by atoms with Crippen LogP contribution in [0.15, 0.2) is 30.3 Å². The Hall–Kier alpha value is -1.88. The Morgan fingerprint density at radius 2 is 2.00 bits per heavy atom. The third-order valence-corrected chi connectivity index (χ3v) is 5.10. The minimum absolute atomic E-state index is 0.00986. The van der Waals surface area contributed by atoms with Gasteiger partial charge in [0.15, 0.2) is 0 Å². The Labute approximate surface area is 137 Å². The number of rotatable bonds is 5. The predicted molar refractivity (Wildman–Crippen MR) is 86.7 cm³/mol. The van der Waals surface area contributed by atoms with Crippen LogP contribution in [-0.4, -0.2) is 43.0 Å². The second-order valence-electron chi connectivity index (χ2n) is 6.50. The fourth-order valence-corrected chi connectivity index (χ4v) is 3.68. The summed E-state index contributed by atoms with van der Waals surface area (Å²) in [5, 5.41) is 3.22. The highest BCUT2D eigenvalue weighted by Crippen LogP contribution is 2.41. The van der Waals surface area contributed by atoms with Crippen LogP contribution in [0.3, 0.4) is 0 Å². The number of ether oxygens (including phenoxy) is 1. The van der Waals surface area contributed by atoms with Crippen LogP contribution in [0.25, 0.3) is 0 Å². The molecule has 23 heavy (non-hydrogen) atoms. The molecule has 2 fully saturated rings. The van der Waals surface area contributed by atoms with Crippen molar-refractivity contribution < 1.29 is 14.3 Å². The molecule has 1 N–H and O–H groups in total. The lowest BCUT2D eigenvalue weighted by Crippen LogP contribution is -2.54. The molecule has 1 aliphatic heterocycles. The molecule has 1 heterocycles. The summed E-state index contributed by atoms with van der Waals surface area (Å²) in [6.07, 6.45) is 4.77. The molecule has 1 aromatic rings. The Morgan fingerprint density at radius 3 is 2.61 bits per heavy atom. The van der Waals surface area contributed by atoms with Crippen molar-refractivity contribution in [1.82, 2.24) is 10.2 Å². The molecular formula is C18H24N2O3. The topological polar surface area (TPSA) is 58.6 Å². The predicted octanol–water partition coefficient (Wildman–Crippen LogP) is 1.82. The van der Waals surface area contributed by atoms with Crippen molar-refractivity contribution in [3.8, 4) is 0 Å². The minimum Gasteiger partial charge on any atom is -0.468 e. The third-order valence-electron chi connectivity index (χ3n) is 5.10. The molecule has 2 aliphatic rings. The lowest BCUT2D eigenvalue weighted by molar-refractivity contribution is -0.146. The molecule has 1 saturated heterocycles. The molecule has 0 unspecified atom stereocenters. The highest BCUT2D eigenvalue weighted by atomic mass is 16.5. The first-order valence-corrected chi connectivity index (χ1v) is 8.33. The number of likely N-dealkylation sites (tertiary alicyclic amines) is 1. The van der Waals surface area contributed by atoms with Crippen LogP contribution in [0.1, 0.15) is 37.7 Å². The van der Waals surface area contributed by atoms with Gasteiger partial charge in [0.25, 0.3) is 0 Å². The van der Waals surface area contributed by atoms with E-state index < -0.39 is 0 Å². The standard InChI is InChI=1S/C18H24N2O3/c1-23-17(22)15-9-5-12-20(15)13-16(21)19-18(10-6-11-18)14-7-3-2-4-8-14/h2-4,7-8,15H,5-6,9-13H2,1H3,(H,19,21)/t15-/m1/s1. The number of hydrogen-bond donors (Lipinski definition) is 1. The highest BCUT2D eigenvalue weighted by Gasteiger charge is 2.41. The Bertz CT molecular complexity index is 569. The van der Waals surface area contributed by atoms with E-state index in [9.17, 15) is 9.59 Å². The Balaban J connectivity index is 1.64. The van der Waals surface area contributed by atoms with Gasteiger partial charge in [0, 0.05) is 0 Å². The van der Waals surface area contributed by atoms with Crippen molar-refractivity contribution in [1.29, 1.82) is 0 Å². The Morgan fingerprint density at radius 1 is 1.26 bits per heavy atom. The molecule has 1 saturated carbocycles. The van der Waals surface area contributed by atoms with Crippen molar-refractivity contribution in [3.63, 3.8) is 0 Å². The van der Waals surface area contributed by atoms with Crippen LogP contribution in [0, 0.1) is 0 Å². The van der Waals surface area contributed by atoms with Gasteiger partial charge >= 0.3 is 5.97 Å². The maximum Gasteiger partial charge on any atom is 0.323 e. The van der Waals surface area contributed by atoms with Crippen molar-refractivity contribution >= 4 is 11.9 Å². The van der Waals surface area contributed by atoms with Crippen molar-refractivity contribution in [2.45, 2.75) is 43.7 Å². The highest BCUT2D eigenvalue weighted by molar-refractivity contribution is 5.81. The van der Waals surface area contributed by atoms with E-state index in [2.05, 4.69) is 17.4 Å². The van der Waals surface area contributed by atoms with Crippen molar-refractivity contribution in [2.24, 2.45) is 0 Å². The summed E-state index contributed by atoms with van der Waals surface area (Å²) >= 11 is 0. The molecule has 0 bridgehead atoms. The first-order chi connectivity index (χ1) is 11.1. The molecular weight excluding hydrogens is 292 g/mol. The largest absolute Gasteiger partial charge is 0.468 e. The van der Waals surface area contributed by atoms with Gasteiger partial charge in [0.05, 0.1) is 19.2 Å².